The topological polar surface area (TPSA) is 29.5 Å². The van der Waals surface area contributed by atoms with E-state index in [0.29, 0.717) is 6.42 Å². The largest absolute Gasteiger partial charge is 0.365 e. The third-order valence-electron chi connectivity index (χ3n) is 1.58. The minimum atomic E-state index is -0.764. The van der Waals surface area contributed by atoms with Gasteiger partial charge in [0.1, 0.15) is 0 Å². The van der Waals surface area contributed by atoms with Gasteiger partial charge in [0, 0.05) is 6.42 Å². The van der Waals surface area contributed by atoms with Crippen molar-refractivity contribution in [1.82, 2.24) is 0 Å². The molecule has 1 fully saturated rings. The molecule has 1 N–H and O–H groups in total. The van der Waals surface area contributed by atoms with E-state index in [4.69, 9.17) is 9.84 Å². The Kier molecular flexibility index (Phi) is 1.29. The van der Waals surface area contributed by atoms with Gasteiger partial charge in [-0.05, 0) is 13.3 Å². The van der Waals surface area contributed by atoms with Crippen molar-refractivity contribution < 1.29 is 9.84 Å². The molecule has 0 spiro atoms. The van der Waals surface area contributed by atoms with E-state index in [-0.39, 0.29) is 6.10 Å². The highest BCUT2D eigenvalue weighted by atomic mass is 16.7. The van der Waals surface area contributed by atoms with Crippen molar-refractivity contribution >= 4 is 0 Å². The summed E-state index contributed by atoms with van der Waals surface area (Å²) in [5.74, 6) is -0.764. The van der Waals surface area contributed by atoms with E-state index in [1.807, 2.05) is 13.8 Å². The molecule has 2 nitrogen and oxygen atoms in total. The summed E-state index contributed by atoms with van der Waals surface area (Å²) >= 11 is 0. The molecule has 2 atom stereocenters. The number of ether oxygens (including phenoxy) is 1. The van der Waals surface area contributed by atoms with Crippen molar-refractivity contribution in [3.05, 3.63) is 0 Å². The van der Waals surface area contributed by atoms with Crippen LogP contribution in [-0.4, -0.2) is 17.0 Å². The zero-order chi connectivity index (χ0) is 6.20. The highest BCUT2D eigenvalue weighted by Gasteiger charge is 2.39. The number of aliphatic hydroxyl groups is 1. The maximum Gasteiger partial charge on any atom is 0.167 e. The van der Waals surface area contributed by atoms with Gasteiger partial charge in [-0.1, -0.05) is 6.92 Å². The van der Waals surface area contributed by atoms with Crippen LogP contribution in [0, 0.1) is 0 Å². The summed E-state index contributed by atoms with van der Waals surface area (Å²) in [6.07, 6.45) is 1.76. The summed E-state index contributed by atoms with van der Waals surface area (Å²) in [4.78, 5) is 0. The lowest BCUT2D eigenvalue weighted by molar-refractivity contribution is -0.316. The average Bonchev–Trinajstić information content (AvgIpc) is 1.63. The van der Waals surface area contributed by atoms with E-state index in [0.717, 1.165) is 6.42 Å². The lowest BCUT2D eigenvalue weighted by atomic mass is 10.0. The van der Waals surface area contributed by atoms with E-state index in [1.54, 1.807) is 0 Å². The van der Waals surface area contributed by atoms with Crippen LogP contribution in [-0.2, 0) is 4.74 Å². The van der Waals surface area contributed by atoms with Crippen LogP contribution in [0.3, 0.4) is 0 Å². The predicted molar refractivity (Wildman–Crippen MR) is 30.4 cm³/mol. The number of rotatable bonds is 1. The summed E-state index contributed by atoms with van der Waals surface area (Å²) in [5.41, 5.74) is 0. The SMILES string of the molecule is CCC1(O)CC(C)O1. The first-order valence-electron chi connectivity index (χ1n) is 3.06. The smallest absolute Gasteiger partial charge is 0.167 e. The average molecular weight is 116 g/mol. The van der Waals surface area contributed by atoms with Crippen molar-refractivity contribution in [2.75, 3.05) is 0 Å². The van der Waals surface area contributed by atoms with Crippen LogP contribution in [0.1, 0.15) is 26.7 Å². The monoisotopic (exact) mass is 116 g/mol. The minimum Gasteiger partial charge on any atom is -0.365 e. The summed E-state index contributed by atoms with van der Waals surface area (Å²) in [5, 5.41) is 9.17. The molecule has 0 radical (unpaired) electrons. The molecule has 48 valence electrons. The standard InChI is InChI=1S/C6H12O2/c1-3-6(7)4-5(2)8-6/h5,7H,3-4H2,1-2H3. The van der Waals surface area contributed by atoms with Crippen LogP contribution in [0.4, 0.5) is 0 Å². The molecule has 0 amide bonds. The molecule has 8 heavy (non-hydrogen) atoms. The zero-order valence-electron chi connectivity index (χ0n) is 5.35. The highest BCUT2D eigenvalue weighted by Crippen LogP contribution is 2.31. The maximum absolute atomic E-state index is 9.17. The quantitative estimate of drug-likeness (QED) is 0.551. The molecule has 1 aliphatic rings. The fourth-order valence-electron chi connectivity index (χ4n) is 1.04. The number of hydrogen-bond acceptors (Lipinski definition) is 2. The van der Waals surface area contributed by atoms with E-state index in [9.17, 15) is 0 Å². The second kappa shape index (κ2) is 1.71. The normalized spacial score (nSPS) is 46.1. The fraction of sp³-hybridized carbons (Fsp3) is 1.00. The molecular weight excluding hydrogens is 104 g/mol. The Labute approximate surface area is 49.5 Å². The molecular formula is C6H12O2. The van der Waals surface area contributed by atoms with Gasteiger partial charge in [0.25, 0.3) is 0 Å². The highest BCUT2D eigenvalue weighted by molar-refractivity contribution is 4.79. The molecule has 1 saturated heterocycles. The van der Waals surface area contributed by atoms with E-state index >= 15 is 0 Å². The molecule has 0 aliphatic carbocycles. The Balaban J connectivity index is 2.30. The first-order chi connectivity index (χ1) is 3.66. The lowest BCUT2D eigenvalue weighted by Gasteiger charge is -2.41. The zero-order valence-corrected chi connectivity index (χ0v) is 5.35. The van der Waals surface area contributed by atoms with E-state index in [1.165, 1.54) is 0 Å². The first-order valence-corrected chi connectivity index (χ1v) is 3.06. The van der Waals surface area contributed by atoms with Gasteiger partial charge in [0.2, 0.25) is 0 Å². The molecule has 0 saturated carbocycles. The van der Waals surface area contributed by atoms with Gasteiger partial charge >= 0.3 is 0 Å². The number of hydrogen-bond donors (Lipinski definition) is 1. The summed E-state index contributed by atoms with van der Waals surface area (Å²) < 4.78 is 5.03. The molecule has 1 aliphatic heterocycles. The molecule has 1 heterocycles. The Morgan fingerprint density at radius 1 is 1.88 bits per heavy atom. The second-order valence-corrected chi connectivity index (χ2v) is 2.43. The van der Waals surface area contributed by atoms with Crippen molar-refractivity contribution in [2.24, 2.45) is 0 Å². The Morgan fingerprint density at radius 2 is 2.38 bits per heavy atom. The van der Waals surface area contributed by atoms with Crippen LogP contribution < -0.4 is 0 Å². The predicted octanol–water partition coefficient (Wildman–Crippen LogP) is 0.894. The van der Waals surface area contributed by atoms with Gasteiger partial charge in [-0.2, -0.15) is 0 Å². The van der Waals surface area contributed by atoms with Gasteiger partial charge < -0.3 is 9.84 Å². The fourth-order valence-corrected chi connectivity index (χ4v) is 1.04. The third kappa shape index (κ3) is 0.858. The third-order valence-corrected chi connectivity index (χ3v) is 1.58. The van der Waals surface area contributed by atoms with E-state index < -0.39 is 5.79 Å². The molecule has 2 unspecified atom stereocenters. The molecule has 0 bridgehead atoms. The van der Waals surface area contributed by atoms with Gasteiger partial charge in [-0.3, -0.25) is 0 Å². The lowest BCUT2D eigenvalue weighted by Crippen LogP contribution is -2.48. The maximum atomic E-state index is 9.17. The van der Waals surface area contributed by atoms with Crippen molar-refractivity contribution in [1.29, 1.82) is 0 Å². The van der Waals surface area contributed by atoms with E-state index in [2.05, 4.69) is 0 Å². The van der Waals surface area contributed by atoms with Crippen molar-refractivity contribution in [2.45, 2.75) is 38.6 Å². The summed E-state index contributed by atoms with van der Waals surface area (Å²) in [7, 11) is 0. The van der Waals surface area contributed by atoms with Crippen LogP contribution in [0.5, 0.6) is 0 Å². The van der Waals surface area contributed by atoms with Crippen LogP contribution in [0.25, 0.3) is 0 Å². The molecule has 0 aromatic carbocycles. The minimum absolute atomic E-state index is 0.264. The van der Waals surface area contributed by atoms with Crippen molar-refractivity contribution in [3.63, 3.8) is 0 Å². The Bertz CT molecular complexity index is 84.5. The van der Waals surface area contributed by atoms with Gasteiger partial charge in [0.15, 0.2) is 5.79 Å². The molecule has 0 aromatic heterocycles. The molecule has 0 aromatic rings. The second-order valence-electron chi connectivity index (χ2n) is 2.43. The molecule has 2 heteroatoms. The van der Waals surface area contributed by atoms with Gasteiger partial charge in [-0.15, -0.1) is 0 Å². The van der Waals surface area contributed by atoms with Crippen molar-refractivity contribution in [3.8, 4) is 0 Å². The first kappa shape index (κ1) is 6.05. The van der Waals surface area contributed by atoms with Crippen LogP contribution >= 0.6 is 0 Å². The van der Waals surface area contributed by atoms with Crippen LogP contribution in [0.2, 0.25) is 0 Å². The Morgan fingerprint density at radius 3 is 2.50 bits per heavy atom. The van der Waals surface area contributed by atoms with Gasteiger partial charge in [0.05, 0.1) is 6.10 Å². The summed E-state index contributed by atoms with van der Waals surface area (Å²) in [6, 6.07) is 0. The Hall–Kier alpha value is -0.0800. The van der Waals surface area contributed by atoms with Crippen LogP contribution in [0.15, 0.2) is 0 Å². The van der Waals surface area contributed by atoms with Gasteiger partial charge in [-0.25, -0.2) is 0 Å². The summed E-state index contributed by atoms with van der Waals surface area (Å²) in [6.45, 7) is 3.88. The molecule has 1 rings (SSSR count).